The molecule has 2 N–H and O–H groups in total. The first-order valence-corrected chi connectivity index (χ1v) is 10.3. The highest BCUT2D eigenvalue weighted by molar-refractivity contribution is 7.89. The van der Waals surface area contributed by atoms with E-state index in [1.807, 2.05) is 5.43 Å². The Balaban J connectivity index is 1.91. The van der Waals surface area contributed by atoms with Gasteiger partial charge in [0.05, 0.1) is 9.82 Å². The highest BCUT2D eigenvalue weighted by Gasteiger charge is 2.28. The zero-order chi connectivity index (χ0) is 22.7. The molecule has 1 aromatic carbocycles. The number of halogens is 1. The van der Waals surface area contributed by atoms with Gasteiger partial charge in [0.15, 0.2) is 0 Å². The topological polar surface area (TPSA) is 151 Å². The van der Waals surface area contributed by atoms with Crippen molar-refractivity contribution in [2.24, 2.45) is 0 Å². The lowest BCUT2D eigenvalue weighted by molar-refractivity contribution is -0.387. The van der Waals surface area contributed by atoms with E-state index in [-0.39, 0.29) is 26.2 Å². The molecule has 1 aliphatic heterocycles. The van der Waals surface area contributed by atoms with Gasteiger partial charge in [-0.3, -0.25) is 15.5 Å². The number of nitrogens with zero attached hydrogens (tertiary/aromatic N) is 3. The third-order valence-corrected chi connectivity index (χ3v) is 5.18. The van der Waals surface area contributed by atoms with Gasteiger partial charge >= 0.3 is 17.8 Å². The number of rotatable bonds is 4. The minimum atomic E-state index is -4.36. The number of nitrogens with one attached hydrogen (secondary N) is 2. The summed E-state index contributed by atoms with van der Waals surface area (Å²) < 4.78 is 43.3. The van der Waals surface area contributed by atoms with E-state index in [9.17, 15) is 32.5 Å². The number of piperazine rings is 1. The number of nitro groups is 1. The van der Waals surface area contributed by atoms with Crippen molar-refractivity contribution in [2.45, 2.75) is 31.3 Å². The Morgan fingerprint density at radius 1 is 1.17 bits per heavy atom. The third-order valence-electron chi connectivity index (χ3n) is 3.94. The van der Waals surface area contributed by atoms with Crippen LogP contribution in [0.4, 0.5) is 19.7 Å². The maximum Gasteiger partial charge on any atom is 0.410 e. The minimum absolute atomic E-state index is 0.138. The lowest BCUT2D eigenvalue weighted by Crippen LogP contribution is -2.56. The Hall–Kier alpha value is -3.00. The highest BCUT2D eigenvalue weighted by Crippen LogP contribution is 2.20. The number of hydrazine groups is 1. The second-order valence-corrected chi connectivity index (χ2v) is 9.04. The molecule has 1 heterocycles. The number of sulfonamides is 1. The molecule has 0 radical (unpaired) electrons. The van der Waals surface area contributed by atoms with Crippen molar-refractivity contribution in [3.8, 4) is 0 Å². The van der Waals surface area contributed by atoms with Gasteiger partial charge in [-0.05, 0) is 26.8 Å². The quantitative estimate of drug-likeness (QED) is 0.520. The number of ether oxygens (including phenoxy) is 1. The van der Waals surface area contributed by atoms with Crippen molar-refractivity contribution in [1.82, 2.24) is 20.1 Å². The molecule has 12 nitrogen and oxygen atoms in total. The average Bonchev–Trinajstić information content (AvgIpc) is 2.64. The Morgan fingerprint density at radius 3 is 2.23 bits per heavy atom. The molecular formula is C16H22FN5O7S. The standard InChI is InChI=1S/C16H22FN5O7S/c1-16(2,3)29-15(24)21-8-6-20(7-9-21)14(23)18-19-30(27,28)11-4-5-13(22(25)26)12(17)10-11/h4-5,10,19H,6-9H2,1-3H3,(H,18,23). The van der Waals surface area contributed by atoms with Crippen LogP contribution >= 0.6 is 0 Å². The predicted octanol–water partition coefficient (Wildman–Crippen LogP) is 1.19. The van der Waals surface area contributed by atoms with Gasteiger partial charge in [-0.25, -0.2) is 18.0 Å². The molecule has 0 atom stereocenters. The largest absolute Gasteiger partial charge is 0.444 e. The highest BCUT2D eigenvalue weighted by atomic mass is 32.2. The summed E-state index contributed by atoms with van der Waals surface area (Å²) in [4.78, 5) is 37.7. The molecule has 1 fully saturated rings. The number of carbonyl (C=O) groups excluding carboxylic acids is 2. The van der Waals surface area contributed by atoms with Crippen LogP contribution in [0.1, 0.15) is 20.8 Å². The summed E-state index contributed by atoms with van der Waals surface area (Å²) in [6.07, 6.45) is -0.511. The predicted molar refractivity (Wildman–Crippen MR) is 101 cm³/mol. The van der Waals surface area contributed by atoms with Crippen molar-refractivity contribution in [3.63, 3.8) is 0 Å². The number of nitro benzene ring substituents is 1. The fourth-order valence-electron chi connectivity index (χ4n) is 2.47. The Bertz CT molecular complexity index is 940. The van der Waals surface area contributed by atoms with Crippen LogP contribution in [0, 0.1) is 15.9 Å². The number of benzene rings is 1. The smallest absolute Gasteiger partial charge is 0.410 e. The van der Waals surface area contributed by atoms with E-state index in [0.717, 1.165) is 6.07 Å². The molecule has 0 unspecified atom stereocenters. The van der Waals surface area contributed by atoms with Crippen LogP contribution in [0.15, 0.2) is 23.1 Å². The fraction of sp³-hybridized carbons (Fsp3) is 0.500. The molecule has 0 saturated carbocycles. The first-order chi connectivity index (χ1) is 13.8. The van der Waals surface area contributed by atoms with E-state index < -0.39 is 49.1 Å². The summed E-state index contributed by atoms with van der Waals surface area (Å²) in [6, 6.07) is 1.26. The van der Waals surface area contributed by atoms with E-state index in [1.165, 1.54) is 9.80 Å². The van der Waals surface area contributed by atoms with E-state index in [4.69, 9.17) is 4.74 Å². The summed E-state index contributed by atoms with van der Waals surface area (Å²) in [7, 11) is -4.36. The first-order valence-electron chi connectivity index (χ1n) is 8.79. The number of amides is 3. The van der Waals surface area contributed by atoms with Gasteiger partial charge in [-0.15, -0.1) is 4.83 Å². The zero-order valence-electron chi connectivity index (χ0n) is 16.5. The lowest BCUT2D eigenvalue weighted by atomic mass is 10.2. The van der Waals surface area contributed by atoms with Gasteiger partial charge in [0, 0.05) is 38.3 Å². The minimum Gasteiger partial charge on any atom is -0.444 e. The Labute approximate surface area is 172 Å². The third kappa shape index (κ3) is 6.00. The van der Waals surface area contributed by atoms with Crippen molar-refractivity contribution < 1.29 is 32.1 Å². The van der Waals surface area contributed by atoms with E-state index in [0.29, 0.717) is 12.1 Å². The van der Waals surface area contributed by atoms with Gasteiger partial charge in [-0.1, -0.05) is 0 Å². The normalized spacial score (nSPS) is 14.9. The van der Waals surface area contributed by atoms with Crippen LogP contribution in [0.25, 0.3) is 0 Å². The van der Waals surface area contributed by atoms with Crippen LogP contribution in [-0.4, -0.2) is 67.0 Å². The molecule has 0 spiro atoms. The molecule has 0 aromatic heterocycles. The summed E-state index contributed by atoms with van der Waals surface area (Å²) >= 11 is 0. The van der Waals surface area contributed by atoms with Crippen LogP contribution in [0.3, 0.4) is 0 Å². The van der Waals surface area contributed by atoms with Crippen molar-refractivity contribution in [1.29, 1.82) is 0 Å². The SMILES string of the molecule is CC(C)(C)OC(=O)N1CCN(C(=O)NNS(=O)(=O)c2ccc([N+](=O)[O-])c(F)c2)CC1. The average molecular weight is 447 g/mol. The maximum atomic E-state index is 13.7. The molecule has 1 aromatic rings. The van der Waals surface area contributed by atoms with Gasteiger partial charge < -0.3 is 14.5 Å². The van der Waals surface area contributed by atoms with Gasteiger partial charge in [0.25, 0.3) is 10.0 Å². The van der Waals surface area contributed by atoms with E-state index >= 15 is 0 Å². The Kier molecular flexibility index (Phi) is 6.82. The molecule has 0 bridgehead atoms. The summed E-state index contributed by atoms with van der Waals surface area (Å²) in [5.41, 5.74) is 0.462. The Morgan fingerprint density at radius 2 is 1.73 bits per heavy atom. The van der Waals surface area contributed by atoms with E-state index in [2.05, 4.69) is 0 Å². The molecule has 14 heteroatoms. The summed E-state index contributed by atoms with van der Waals surface area (Å²) in [5.74, 6) is -1.33. The summed E-state index contributed by atoms with van der Waals surface area (Å²) in [5, 5.41) is 10.6. The van der Waals surface area contributed by atoms with Crippen molar-refractivity contribution >= 4 is 27.8 Å². The molecule has 3 amide bonds. The zero-order valence-corrected chi connectivity index (χ0v) is 17.4. The van der Waals surface area contributed by atoms with Crippen LogP contribution in [0.5, 0.6) is 0 Å². The molecule has 30 heavy (non-hydrogen) atoms. The van der Waals surface area contributed by atoms with Gasteiger partial charge in [-0.2, -0.15) is 4.39 Å². The number of carbonyl (C=O) groups is 2. The van der Waals surface area contributed by atoms with Crippen molar-refractivity contribution in [3.05, 3.63) is 34.1 Å². The molecular weight excluding hydrogens is 425 g/mol. The number of hydrogen-bond acceptors (Lipinski definition) is 7. The van der Waals surface area contributed by atoms with Crippen LogP contribution < -0.4 is 10.3 Å². The lowest BCUT2D eigenvalue weighted by Gasteiger charge is -2.35. The van der Waals surface area contributed by atoms with Crippen molar-refractivity contribution in [2.75, 3.05) is 26.2 Å². The fourth-order valence-corrected chi connectivity index (χ4v) is 3.32. The first kappa shape index (κ1) is 23.3. The van der Waals surface area contributed by atoms with Crippen LogP contribution in [-0.2, 0) is 14.8 Å². The molecule has 1 aliphatic rings. The monoisotopic (exact) mass is 447 g/mol. The summed E-state index contributed by atoms with van der Waals surface area (Å²) in [6.45, 7) is 5.87. The second-order valence-electron chi connectivity index (χ2n) is 7.36. The van der Waals surface area contributed by atoms with Gasteiger partial charge in [0.2, 0.25) is 5.82 Å². The second kappa shape index (κ2) is 8.79. The molecule has 1 saturated heterocycles. The van der Waals surface area contributed by atoms with E-state index in [1.54, 1.807) is 25.6 Å². The van der Waals surface area contributed by atoms with Crippen LogP contribution in [0.2, 0.25) is 0 Å². The maximum absolute atomic E-state index is 13.7. The molecule has 2 rings (SSSR count). The van der Waals surface area contributed by atoms with Gasteiger partial charge in [0.1, 0.15) is 5.60 Å². The molecule has 166 valence electrons. The number of urea groups is 1. The number of hydrogen-bond donors (Lipinski definition) is 2. The molecule has 0 aliphatic carbocycles.